The van der Waals surface area contributed by atoms with E-state index >= 15 is 0 Å². The number of nitrogens with one attached hydrogen (secondary N) is 2. The van der Waals surface area contributed by atoms with Crippen LogP contribution in [0.25, 0.3) is 11.0 Å². The Morgan fingerprint density at radius 1 is 1.10 bits per heavy atom. The number of hydrogen-bond donors (Lipinski definition) is 2. The SMILES string of the molecule is Cc1c(CCCCCC2CCCNC2)ccc2[nH]c(COc3ccc(Cl)cc3)nc12. The highest BCUT2D eigenvalue weighted by Crippen LogP contribution is 2.24. The molecule has 3 aromatic rings. The van der Waals surface area contributed by atoms with Crippen molar-refractivity contribution in [1.29, 1.82) is 0 Å². The highest BCUT2D eigenvalue weighted by atomic mass is 35.5. The fraction of sp³-hybridized carbons (Fsp3) is 0.480. The van der Waals surface area contributed by atoms with Crippen molar-refractivity contribution in [2.24, 2.45) is 5.92 Å². The van der Waals surface area contributed by atoms with Gasteiger partial charge in [0.05, 0.1) is 11.0 Å². The summed E-state index contributed by atoms with van der Waals surface area (Å²) in [5, 5.41) is 4.23. The Morgan fingerprint density at radius 2 is 1.97 bits per heavy atom. The van der Waals surface area contributed by atoms with Gasteiger partial charge in [0.2, 0.25) is 0 Å². The van der Waals surface area contributed by atoms with E-state index < -0.39 is 0 Å². The number of imidazole rings is 1. The summed E-state index contributed by atoms with van der Waals surface area (Å²) >= 11 is 5.93. The summed E-state index contributed by atoms with van der Waals surface area (Å²) in [6.45, 7) is 5.04. The zero-order chi connectivity index (χ0) is 20.8. The van der Waals surface area contributed by atoms with Gasteiger partial charge in [-0.1, -0.05) is 30.5 Å². The molecule has 30 heavy (non-hydrogen) atoms. The lowest BCUT2D eigenvalue weighted by molar-refractivity contribution is 0.297. The number of halogens is 1. The van der Waals surface area contributed by atoms with Gasteiger partial charge >= 0.3 is 0 Å². The number of nitrogens with zero attached hydrogens (tertiary/aromatic N) is 1. The fourth-order valence-electron chi connectivity index (χ4n) is 4.42. The van der Waals surface area contributed by atoms with Crippen molar-refractivity contribution >= 4 is 22.6 Å². The summed E-state index contributed by atoms with van der Waals surface area (Å²) < 4.78 is 5.83. The monoisotopic (exact) mass is 425 g/mol. The van der Waals surface area contributed by atoms with E-state index in [2.05, 4.69) is 29.4 Å². The Kier molecular flexibility index (Phi) is 7.29. The zero-order valence-corrected chi connectivity index (χ0v) is 18.6. The number of H-pyrrole nitrogens is 1. The van der Waals surface area contributed by atoms with E-state index in [9.17, 15) is 0 Å². The van der Waals surface area contributed by atoms with Crippen LogP contribution >= 0.6 is 11.6 Å². The fourth-order valence-corrected chi connectivity index (χ4v) is 4.55. The third kappa shape index (κ3) is 5.55. The molecule has 5 heteroatoms. The Morgan fingerprint density at radius 3 is 2.77 bits per heavy atom. The van der Waals surface area contributed by atoms with Crippen LogP contribution in [0.1, 0.15) is 55.5 Å². The first kappa shape index (κ1) is 21.2. The number of aryl methyl sites for hydroxylation is 2. The molecule has 0 saturated carbocycles. The van der Waals surface area contributed by atoms with E-state index in [1.165, 1.54) is 62.7 Å². The molecule has 2 aromatic carbocycles. The molecular formula is C25H32ClN3O. The topological polar surface area (TPSA) is 49.9 Å². The first-order valence-electron chi connectivity index (χ1n) is 11.3. The van der Waals surface area contributed by atoms with Crippen LogP contribution in [0.15, 0.2) is 36.4 Å². The Hall–Kier alpha value is -2.04. The van der Waals surface area contributed by atoms with Gasteiger partial charge in [0.25, 0.3) is 0 Å². The quantitative estimate of drug-likeness (QED) is 0.401. The first-order valence-corrected chi connectivity index (χ1v) is 11.6. The molecule has 0 amide bonds. The summed E-state index contributed by atoms with van der Waals surface area (Å²) in [7, 11) is 0. The van der Waals surface area contributed by atoms with Crippen molar-refractivity contribution in [3.05, 3.63) is 58.4 Å². The number of ether oxygens (including phenoxy) is 1. The minimum atomic E-state index is 0.418. The predicted molar refractivity (Wildman–Crippen MR) is 124 cm³/mol. The van der Waals surface area contributed by atoms with Crippen molar-refractivity contribution in [3.63, 3.8) is 0 Å². The molecule has 1 fully saturated rings. The van der Waals surface area contributed by atoms with Crippen LogP contribution in [0, 0.1) is 12.8 Å². The largest absolute Gasteiger partial charge is 0.486 e. The van der Waals surface area contributed by atoms with Crippen LogP contribution in [-0.4, -0.2) is 23.1 Å². The number of unbranched alkanes of at least 4 members (excludes halogenated alkanes) is 2. The predicted octanol–water partition coefficient (Wildman–Crippen LogP) is 6.21. The maximum atomic E-state index is 5.93. The molecule has 4 rings (SSSR count). The average molecular weight is 426 g/mol. The van der Waals surface area contributed by atoms with E-state index in [-0.39, 0.29) is 0 Å². The maximum Gasteiger partial charge on any atom is 0.146 e. The number of aromatic nitrogens is 2. The molecule has 0 spiro atoms. The lowest BCUT2D eigenvalue weighted by atomic mass is 9.93. The molecule has 1 aromatic heterocycles. The van der Waals surface area contributed by atoms with Crippen LogP contribution in [-0.2, 0) is 13.0 Å². The molecule has 4 nitrogen and oxygen atoms in total. The van der Waals surface area contributed by atoms with E-state index in [0.29, 0.717) is 11.6 Å². The van der Waals surface area contributed by atoms with Crippen molar-refractivity contribution in [1.82, 2.24) is 15.3 Å². The Labute approximate surface area is 184 Å². The average Bonchev–Trinajstić information content (AvgIpc) is 3.19. The van der Waals surface area contributed by atoms with Gasteiger partial charge in [-0.25, -0.2) is 4.98 Å². The van der Waals surface area contributed by atoms with Gasteiger partial charge in [0.1, 0.15) is 18.2 Å². The normalized spacial score (nSPS) is 16.8. The first-order chi connectivity index (χ1) is 14.7. The Balaban J connectivity index is 1.29. The molecule has 0 bridgehead atoms. The molecule has 0 aliphatic carbocycles. The van der Waals surface area contributed by atoms with Gasteiger partial charge < -0.3 is 15.0 Å². The van der Waals surface area contributed by atoms with E-state index in [1.807, 2.05) is 24.3 Å². The molecule has 2 heterocycles. The highest BCUT2D eigenvalue weighted by molar-refractivity contribution is 6.30. The van der Waals surface area contributed by atoms with Crippen molar-refractivity contribution < 1.29 is 4.74 Å². The molecule has 1 saturated heterocycles. The van der Waals surface area contributed by atoms with Gasteiger partial charge in [-0.2, -0.15) is 0 Å². The third-order valence-corrected chi connectivity index (χ3v) is 6.47. The van der Waals surface area contributed by atoms with Crippen molar-refractivity contribution in [3.8, 4) is 5.75 Å². The molecule has 0 radical (unpaired) electrons. The van der Waals surface area contributed by atoms with E-state index in [0.717, 1.165) is 34.9 Å². The van der Waals surface area contributed by atoms with Crippen LogP contribution in [0.2, 0.25) is 5.02 Å². The smallest absolute Gasteiger partial charge is 0.146 e. The number of rotatable bonds is 9. The molecule has 1 aliphatic heterocycles. The van der Waals surface area contributed by atoms with Gasteiger partial charge in [-0.05, 0) is 99.5 Å². The highest BCUT2D eigenvalue weighted by Gasteiger charge is 2.13. The van der Waals surface area contributed by atoms with Crippen LogP contribution < -0.4 is 10.1 Å². The van der Waals surface area contributed by atoms with E-state index in [1.54, 1.807) is 0 Å². The van der Waals surface area contributed by atoms with Gasteiger partial charge in [-0.3, -0.25) is 0 Å². The second-order valence-corrected chi connectivity index (χ2v) is 8.92. The van der Waals surface area contributed by atoms with Gasteiger partial charge in [-0.15, -0.1) is 0 Å². The van der Waals surface area contributed by atoms with Gasteiger partial charge in [0.15, 0.2) is 0 Å². The van der Waals surface area contributed by atoms with Crippen molar-refractivity contribution in [2.75, 3.05) is 13.1 Å². The Bertz CT molecular complexity index is 945. The molecular weight excluding hydrogens is 394 g/mol. The lowest BCUT2D eigenvalue weighted by Crippen LogP contribution is -2.29. The van der Waals surface area contributed by atoms with Crippen LogP contribution in [0.4, 0.5) is 0 Å². The summed E-state index contributed by atoms with van der Waals surface area (Å²) in [6.07, 6.45) is 9.18. The summed E-state index contributed by atoms with van der Waals surface area (Å²) in [5.74, 6) is 2.54. The minimum absolute atomic E-state index is 0.418. The number of aromatic amines is 1. The lowest BCUT2D eigenvalue weighted by Gasteiger charge is -2.22. The minimum Gasteiger partial charge on any atom is -0.486 e. The number of hydrogen-bond acceptors (Lipinski definition) is 3. The zero-order valence-electron chi connectivity index (χ0n) is 17.8. The molecule has 1 aliphatic rings. The maximum absolute atomic E-state index is 5.93. The second kappa shape index (κ2) is 10.3. The van der Waals surface area contributed by atoms with Crippen LogP contribution in [0.3, 0.4) is 0 Å². The summed E-state index contributed by atoms with van der Waals surface area (Å²) in [6, 6.07) is 11.8. The number of fused-ring (bicyclic) bond motifs is 1. The van der Waals surface area contributed by atoms with Crippen molar-refractivity contribution in [2.45, 2.75) is 58.5 Å². The van der Waals surface area contributed by atoms with Gasteiger partial charge in [0, 0.05) is 5.02 Å². The third-order valence-electron chi connectivity index (χ3n) is 6.22. The summed E-state index contributed by atoms with van der Waals surface area (Å²) in [4.78, 5) is 8.19. The summed E-state index contributed by atoms with van der Waals surface area (Å²) in [5.41, 5.74) is 4.85. The van der Waals surface area contributed by atoms with E-state index in [4.69, 9.17) is 21.3 Å². The molecule has 160 valence electrons. The number of benzene rings is 2. The number of piperidine rings is 1. The molecule has 2 N–H and O–H groups in total. The standard InChI is InChI=1S/C25H32ClN3O/c1-18-20(8-4-2-3-6-19-7-5-15-27-16-19)9-14-23-25(18)29-24(28-23)17-30-22-12-10-21(26)11-13-22/h9-14,19,27H,2-8,15-17H2,1H3,(H,28,29). The second-order valence-electron chi connectivity index (χ2n) is 8.48. The van der Waals surface area contributed by atoms with Crippen LogP contribution in [0.5, 0.6) is 5.75 Å². The molecule has 1 atom stereocenters. The molecule has 1 unspecified atom stereocenters.